The van der Waals surface area contributed by atoms with Gasteiger partial charge in [-0.15, -0.1) is 0 Å². The second-order valence-corrected chi connectivity index (χ2v) is 3.80. The second-order valence-electron chi connectivity index (χ2n) is 3.80. The predicted octanol–water partition coefficient (Wildman–Crippen LogP) is 1.92. The Morgan fingerprint density at radius 3 is 3.11 bits per heavy atom. The number of hydrogen-bond donors (Lipinski definition) is 1. The maximum atomic E-state index is 10.7. The van der Waals surface area contributed by atoms with E-state index < -0.39 is 4.92 Å². The Morgan fingerprint density at radius 2 is 2.44 bits per heavy atom. The van der Waals surface area contributed by atoms with Crippen molar-refractivity contribution in [3.05, 3.63) is 40.6 Å². The molecule has 0 atom stereocenters. The molecular formula is C12H17N3O3. The third-order valence-electron chi connectivity index (χ3n) is 2.16. The largest absolute Gasteiger partial charge is 0.481 e. The van der Waals surface area contributed by atoms with Gasteiger partial charge in [0.25, 0.3) is 0 Å². The maximum absolute atomic E-state index is 10.7. The van der Waals surface area contributed by atoms with Gasteiger partial charge in [0.1, 0.15) is 12.8 Å². The lowest BCUT2D eigenvalue weighted by atomic mass is 10.3. The summed E-state index contributed by atoms with van der Waals surface area (Å²) in [5, 5.41) is 13.9. The summed E-state index contributed by atoms with van der Waals surface area (Å²) in [7, 11) is 0. The first-order valence-electron chi connectivity index (χ1n) is 5.74. The van der Waals surface area contributed by atoms with Gasteiger partial charge in [-0.1, -0.05) is 13.5 Å². The zero-order valence-electron chi connectivity index (χ0n) is 10.4. The molecule has 1 aromatic rings. The summed E-state index contributed by atoms with van der Waals surface area (Å²) in [6.45, 7) is 7.70. The highest BCUT2D eigenvalue weighted by Crippen LogP contribution is 2.22. The Morgan fingerprint density at radius 1 is 1.67 bits per heavy atom. The molecule has 0 aliphatic rings. The van der Waals surface area contributed by atoms with Gasteiger partial charge in [-0.25, -0.2) is 0 Å². The monoisotopic (exact) mass is 251 g/mol. The number of ether oxygens (including phenoxy) is 1. The van der Waals surface area contributed by atoms with Crippen LogP contribution < -0.4 is 10.1 Å². The van der Waals surface area contributed by atoms with Gasteiger partial charge in [0.05, 0.1) is 0 Å². The van der Waals surface area contributed by atoms with Crippen molar-refractivity contribution in [3.63, 3.8) is 0 Å². The number of aromatic nitrogens is 1. The fraction of sp³-hybridized carbons (Fsp3) is 0.417. The van der Waals surface area contributed by atoms with E-state index in [1.807, 2.05) is 0 Å². The Hall–Kier alpha value is -1.95. The third-order valence-corrected chi connectivity index (χ3v) is 2.16. The van der Waals surface area contributed by atoms with E-state index in [2.05, 4.69) is 23.8 Å². The lowest BCUT2D eigenvalue weighted by Gasteiger charge is -2.09. The number of rotatable bonds is 8. The van der Waals surface area contributed by atoms with E-state index in [0.29, 0.717) is 6.54 Å². The van der Waals surface area contributed by atoms with Gasteiger partial charge in [0.15, 0.2) is 0 Å². The first-order valence-corrected chi connectivity index (χ1v) is 5.74. The molecule has 6 nitrogen and oxygen atoms in total. The average molecular weight is 251 g/mol. The molecule has 1 aromatic heterocycles. The van der Waals surface area contributed by atoms with Gasteiger partial charge >= 0.3 is 5.82 Å². The second kappa shape index (κ2) is 7.39. The molecule has 0 aliphatic carbocycles. The van der Waals surface area contributed by atoms with Crippen molar-refractivity contribution in [2.24, 2.45) is 0 Å². The van der Waals surface area contributed by atoms with E-state index in [9.17, 15) is 10.1 Å². The molecule has 0 saturated carbocycles. The number of nitrogens with zero attached hydrogens (tertiary/aromatic N) is 2. The van der Waals surface area contributed by atoms with Gasteiger partial charge in [0.2, 0.25) is 5.75 Å². The fourth-order valence-electron chi connectivity index (χ4n) is 1.30. The Balaban J connectivity index is 2.48. The van der Waals surface area contributed by atoms with Crippen LogP contribution in [0, 0.1) is 10.1 Å². The number of nitro groups is 1. The topological polar surface area (TPSA) is 77.3 Å². The molecule has 0 fully saturated rings. The van der Waals surface area contributed by atoms with E-state index in [-0.39, 0.29) is 18.2 Å². The molecule has 0 saturated heterocycles. The Bertz CT molecular complexity index is 421. The molecule has 0 bridgehead atoms. The fourth-order valence-corrected chi connectivity index (χ4v) is 1.30. The minimum absolute atomic E-state index is 0.166. The van der Waals surface area contributed by atoms with Crippen molar-refractivity contribution >= 4 is 5.82 Å². The molecule has 98 valence electrons. The maximum Gasteiger partial charge on any atom is 0.406 e. The van der Waals surface area contributed by atoms with E-state index >= 15 is 0 Å². The average Bonchev–Trinajstić information content (AvgIpc) is 2.37. The van der Waals surface area contributed by atoms with E-state index in [4.69, 9.17) is 4.74 Å². The molecule has 1 heterocycles. The Kier molecular flexibility index (Phi) is 5.79. The summed E-state index contributed by atoms with van der Waals surface area (Å²) in [6.07, 6.45) is 2.41. The van der Waals surface area contributed by atoms with Crippen LogP contribution in [0.25, 0.3) is 0 Å². The normalized spacial score (nSPS) is 10.1. The number of nitrogens with one attached hydrogen (secondary N) is 1. The molecule has 18 heavy (non-hydrogen) atoms. The van der Waals surface area contributed by atoms with Gasteiger partial charge in [-0.3, -0.25) is 0 Å². The van der Waals surface area contributed by atoms with Crippen molar-refractivity contribution in [2.75, 3.05) is 19.7 Å². The highest BCUT2D eigenvalue weighted by atomic mass is 16.6. The standard InChI is InChI=1S/C12H17N3O3/c1-3-6-13-8-10(2)9-18-11-5-4-7-14-12(11)15(16)17/h4-5,7,13H,2-3,6,8-9H2,1H3. The molecule has 0 radical (unpaired) electrons. The van der Waals surface area contributed by atoms with Crippen LogP contribution in [0.3, 0.4) is 0 Å². The van der Waals surface area contributed by atoms with Crippen molar-refractivity contribution < 1.29 is 9.66 Å². The minimum Gasteiger partial charge on any atom is -0.481 e. The zero-order chi connectivity index (χ0) is 13.4. The predicted molar refractivity (Wildman–Crippen MR) is 68.7 cm³/mol. The molecule has 0 aromatic carbocycles. The molecule has 0 spiro atoms. The summed E-state index contributed by atoms with van der Waals surface area (Å²) in [5.41, 5.74) is 0.835. The lowest BCUT2D eigenvalue weighted by molar-refractivity contribution is -0.390. The molecule has 1 N–H and O–H groups in total. The molecule has 1 rings (SSSR count). The smallest absolute Gasteiger partial charge is 0.406 e. The van der Waals surface area contributed by atoms with Crippen molar-refractivity contribution in [1.29, 1.82) is 0 Å². The first kappa shape index (κ1) is 14.1. The summed E-state index contributed by atoms with van der Waals surface area (Å²) in [5.74, 6) is -0.106. The van der Waals surface area contributed by atoms with Crippen LogP contribution in [-0.2, 0) is 0 Å². The lowest BCUT2D eigenvalue weighted by Crippen LogP contribution is -2.20. The molecule has 0 aliphatic heterocycles. The molecule has 6 heteroatoms. The van der Waals surface area contributed by atoms with Crippen LogP contribution in [0.5, 0.6) is 5.75 Å². The highest BCUT2D eigenvalue weighted by molar-refractivity contribution is 5.38. The first-order chi connectivity index (χ1) is 8.65. The minimum atomic E-state index is -0.562. The Labute approximate surface area is 106 Å². The quantitative estimate of drug-likeness (QED) is 0.330. The van der Waals surface area contributed by atoms with Gasteiger partial charge in [-0.05, 0) is 40.6 Å². The van der Waals surface area contributed by atoms with Crippen LogP contribution in [0.15, 0.2) is 30.5 Å². The van der Waals surface area contributed by atoms with Crippen molar-refractivity contribution in [1.82, 2.24) is 10.3 Å². The molecule has 0 unspecified atom stereocenters. The SMILES string of the molecule is C=C(CNCCC)COc1cccnc1[N+](=O)[O-]. The van der Waals surface area contributed by atoms with Crippen LogP contribution >= 0.6 is 0 Å². The molecular weight excluding hydrogens is 234 g/mol. The molecule has 0 amide bonds. The summed E-state index contributed by atoms with van der Waals surface area (Å²) in [4.78, 5) is 13.8. The van der Waals surface area contributed by atoms with E-state index in [1.165, 1.54) is 12.3 Å². The van der Waals surface area contributed by atoms with Crippen molar-refractivity contribution in [3.8, 4) is 5.75 Å². The number of pyridine rings is 1. The van der Waals surface area contributed by atoms with E-state index in [0.717, 1.165) is 18.5 Å². The summed E-state index contributed by atoms with van der Waals surface area (Å²) < 4.78 is 5.35. The van der Waals surface area contributed by atoms with Crippen LogP contribution in [0.1, 0.15) is 13.3 Å². The number of hydrogen-bond acceptors (Lipinski definition) is 5. The third kappa shape index (κ3) is 4.50. The van der Waals surface area contributed by atoms with Crippen LogP contribution in [-0.4, -0.2) is 29.6 Å². The zero-order valence-corrected chi connectivity index (χ0v) is 10.4. The summed E-state index contributed by atoms with van der Waals surface area (Å²) in [6, 6.07) is 3.12. The van der Waals surface area contributed by atoms with E-state index in [1.54, 1.807) is 6.07 Å². The van der Waals surface area contributed by atoms with Gasteiger partial charge in [-0.2, -0.15) is 0 Å². The summed E-state index contributed by atoms with van der Waals surface area (Å²) >= 11 is 0. The van der Waals surface area contributed by atoms with Crippen LogP contribution in [0.2, 0.25) is 0 Å². The van der Waals surface area contributed by atoms with Crippen molar-refractivity contribution in [2.45, 2.75) is 13.3 Å². The van der Waals surface area contributed by atoms with Gasteiger partial charge < -0.3 is 20.2 Å². The highest BCUT2D eigenvalue weighted by Gasteiger charge is 2.15. The van der Waals surface area contributed by atoms with Crippen LogP contribution in [0.4, 0.5) is 5.82 Å². The van der Waals surface area contributed by atoms with Gasteiger partial charge in [0, 0.05) is 6.54 Å².